The molecule has 0 saturated carbocycles. The van der Waals surface area contributed by atoms with Crippen LogP contribution in [0.25, 0.3) is 0 Å². The third-order valence-corrected chi connectivity index (χ3v) is 1.73. The van der Waals surface area contributed by atoms with Gasteiger partial charge in [-0.2, -0.15) is 0 Å². The smallest absolute Gasteiger partial charge is 0.249 e. The summed E-state index contributed by atoms with van der Waals surface area (Å²) < 4.78 is 4.95. The summed E-state index contributed by atoms with van der Waals surface area (Å²) in [5.41, 5.74) is 0. The summed E-state index contributed by atoms with van der Waals surface area (Å²) in [6.07, 6.45) is 5.18. The van der Waals surface area contributed by atoms with Crippen LogP contribution in [0, 0.1) is 12.3 Å². The standard InChI is InChI=1S/C8H11NO2/c1-3-7(2)9-4-5-11-6-8(9)10/h1,7H,4-6H2,2H3/t7-/m1/s1. The van der Waals surface area contributed by atoms with Crippen molar-refractivity contribution in [3.05, 3.63) is 0 Å². The number of terminal acetylenes is 1. The van der Waals surface area contributed by atoms with Gasteiger partial charge in [0, 0.05) is 6.54 Å². The summed E-state index contributed by atoms with van der Waals surface area (Å²) >= 11 is 0. The van der Waals surface area contributed by atoms with Gasteiger partial charge in [-0.05, 0) is 6.92 Å². The maximum atomic E-state index is 11.1. The van der Waals surface area contributed by atoms with E-state index in [0.717, 1.165) is 0 Å². The first-order chi connectivity index (χ1) is 5.25. The van der Waals surface area contributed by atoms with E-state index >= 15 is 0 Å². The Morgan fingerprint density at radius 2 is 2.55 bits per heavy atom. The lowest BCUT2D eigenvalue weighted by Gasteiger charge is -2.29. The second kappa shape index (κ2) is 3.40. The van der Waals surface area contributed by atoms with E-state index in [-0.39, 0.29) is 18.6 Å². The van der Waals surface area contributed by atoms with Crippen LogP contribution in [0.15, 0.2) is 0 Å². The molecule has 0 bridgehead atoms. The molecule has 1 heterocycles. The maximum absolute atomic E-state index is 11.1. The fourth-order valence-corrected chi connectivity index (χ4v) is 1.03. The van der Waals surface area contributed by atoms with Crippen molar-refractivity contribution in [2.75, 3.05) is 19.8 Å². The van der Waals surface area contributed by atoms with Gasteiger partial charge in [-0.1, -0.05) is 5.92 Å². The number of hydrogen-bond acceptors (Lipinski definition) is 2. The first-order valence-electron chi connectivity index (χ1n) is 3.59. The van der Waals surface area contributed by atoms with Gasteiger partial charge in [0.1, 0.15) is 6.61 Å². The van der Waals surface area contributed by atoms with E-state index < -0.39 is 0 Å². The molecular formula is C8H11NO2. The van der Waals surface area contributed by atoms with Gasteiger partial charge in [0.15, 0.2) is 0 Å². The van der Waals surface area contributed by atoms with Crippen LogP contribution in [0.4, 0.5) is 0 Å². The van der Waals surface area contributed by atoms with Crippen molar-refractivity contribution in [1.29, 1.82) is 0 Å². The van der Waals surface area contributed by atoms with Crippen molar-refractivity contribution in [3.63, 3.8) is 0 Å². The molecule has 3 nitrogen and oxygen atoms in total. The molecule has 0 radical (unpaired) electrons. The fraction of sp³-hybridized carbons (Fsp3) is 0.625. The van der Waals surface area contributed by atoms with Crippen LogP contribution < -0.4 is 0 Å². The highest BCUT2D eigenvalue weighted by atomic mass is 16.5. The third kappa shape index (κ3) is 1.72. The normalized spacial score (nSPS) is 21.1. The highest BCUT2D eigenvalue weighted by Gasteiger charge is 2.21. The fourth-order valence-electron chi connectivity index (χ4n) is 1.03. The largest absolute Gasteiger partial charge is 0.370 e. The number of carbonyl (C=O) groups excluding carboxylic acids is 1. The minimum absolute atomic E-state index is 0.0123. The van der Waals surface area contributed by atoms with Gasteiger partial charge < -0.3 is 9.64 Å². The molecule has 0 spiro atoms. The highest BCUT2D eigenvalue weighted by Crippen LogP contribution is 2.03. The highest BCUT2D eigenvalue weighted by molar-refractivity contribution is 5.78. The molecule has 11 heavy (non-hydrogen) atoms. The number of nitrogens with zero attached hydrogens (tertiary/aromatic N) is 1. The van der Waals surface area contributed by atoms with Gasteiger partial charge in [-0.25, -0.2) is 0 Å². The van der Waals surface area contributed by atoms with Gasteiger partial charge in [0.05, 0.1) is 12.6 Å². The van der Waals surface area contributed by atoms with Gasteiger partial charge in [-0.3, -0.25) is 4.79 Å². The van der Waals surface area contributed by atoms with Gasteiger partial charge >= 0.3 is 0 Å². The number of hydrogen-bond donors (Lipinski definition) is 0. The molecule has 1 saturated heterocycles. The minimum atomic E-state index is -0.105. The van der Waals surface area contributed by atoms with Crippen molar-refractivity contribution >= 4 is 5.91 Å². The quantitative estimate of drug-likeness (QED) is 0.491. The lowest BCUT2D eigenvalue weighted by atomic mass is 10.2. The number of amides is 1. The van der Waals surface area contributed by atoms with E-state index in [1.54, 1.807) is 4.90 Å². The van der Waals surface area contributed by atoms with E-state index in [1.807, 2.05) is 6.92 Å². The molecule has 1 rings (SSSR count). The zero-order chi connectivity index (χ0) is 8.27. The molecule has 0 aromatic rings. The van der Waals surface area contributed by atoms with Crippen LogP contribution in [0.3, 0.4) is 0 Å². The number of rotatable bonds is 1. The molecule has 0 N–H and O–H groups in total. The number of carbonyl (C=O) groups is 1. The molecule has 0 aromatic carbocycles. The lowest BCUT2D eigenvalue weighted by Crippen LogP contribution is -2.46. The van der Waals surface area contributed by atoms with Gasteiger partial charge in [-0.15, -0.1) is 6.42 Å². The third-order valence-electron chi connectivity index (χ3n) is 1.73. The van der Waals surface area contributed by atoms with Crippen molar-refractivity contribution in [1.82, 2.24) is 4.90 Å². The molecule has 1 fully saturated rings. The zero-order valence-electron chi connectivity index (χ0n) is 6.54. The molecule has 3 heteroatoms. The zero-order valence-corrected chi connectivity index (χ0v) is 6.54. The predicted molar refractivity (Wildman–Crippen MR) is 40.8 cm³/mol. The predicted octanol–water partition coefficient (Wildman–Crippen LogP) is -0.133. The Morgan fingerprint density at radius 1 is 1.82 bits per heavy atom. The Hall–Kier alpha value is -1.01. The Kier molecular flexibility index (Phi) is 2.50. The molecule has 1 aliphatic rings. The van der Waals surface area contributed by atoms with Crippen molar-refractivity contribution in [2.45, 2.75) is 13.0 Å². The molecule has 0 aliphatic carbocycles. The molecule has 0 aromatic heterocycles. The molecule has 1 amide bonds. The summed E-state index contributed by atoms with van der Waals surface area (Å²) in [5.74, 6) is 2.50. The summed E-state index contributed by atoms with van der Waals surface area (Å²) in [6, 6.07) is -0.105. The van der Waals surface area contributed by atoms with Crippen molar-refractivity contribution in [2.24, 2.45) is 0 Å². The Morgan fingerprint density at radius 3 is 3.09 bits per heavy atom. The first-order valence-corrected chi connectivity index (χ1v) is 3.59. The average Bonchev–Trinajstić information content (AvgIpc) is 2.04. The second-order valence-corrected chi connectivity index (χ2v) is 2.48. The van der Waals surface area contributed by atoms with Crippen LogP contribution in [0.2, 0.25) is 0 Å². The Labute approximate surface area is 66.3 Å². The number of morpholine rings is 1. The number of ether oxygens (including phenoxy) is 1. The summed E-state index contributed by atoms with van der Waals surface area (Å²) in [6.45, 7) is 3.22. The average molecular weight is 153 g/mol. The maximum Gasteiger partial charge on any atom is 0.249 e. The lowest BCUT2D eigenvalue weighted by molar-refractivity contribution is -0.143. The van der Waals surface area contributed by atoms with Crippen LogP contribution >= 0.6 is 0 Å². The van der Waals surface area contributed by atoms with Gasteiger partial charge in [0.2, 0.25) is 5.91 Å². The molecular weight excluding hydrogens is 142 g/mol. The topological polar surface area (TPSA) is 29.5 Å². The Balaban J connectivity index is 2.56. The summed E-state index contributed by atoms with van der Waals surface area (Å²) in [4.78, 5) is 12.8. The van der Waals surface area contributed by atoms with Crippen LogP contribution in [-0.4, -0.2) is 36.6 Å². The summed E-state index contributed by atoms with van der Waals surface area (Å²) in [5, 5.41) is 0. The van der Waals surface area contributed by atoms with Crippen molar-refractivity contribution < 1.29 is 9.53 Å². The van der Waals surface area contributed by atoms with E-state index in [2.05, 4.69) is 5.92 Å². The molecule has 1 aliphatic heterocycles. The monoisotopic (exact) mass is 153 g/mol. The Bertz CT molecular complexity index is 195. The molecule has 0 unspecified atom stereocenters. The summed E-state index contributed by atoms with van der Waals surface area (Å²) in [7, 11) is 0. The van der Waals surface area contributed by atoms with Crippen LogP contribution in [-0.2, 0) is 9.53 Å². The minimum Gasteiger partial charge on any atom is -0.370 e. The van der Waals surface area contributed by atoms with E-state index in [9.17, 15) is 4.79 Å². The second-order valence-electron chi connectivity index (χ2n) is 2.48. The van der Waals surface area contributed by atoms with E-state index in [0.29, 0.717) is 13.2 Å². The first kappa shape index (κ1) is 8.09. The van der Waals surface area contributed by atoms with Crippen LogP contribution in [0.1, 0.15) is 6.92 Å². The van der Waals surface area contributed by atoms with E-state index in [4.69, 9.17) is 11.2 Å². The SMILES string of the molecule is C#C[C@@H](C)N1CCOCC1=O. The van der Waals surface area contributed by atoms with Crippen molar-refractivity contribution in [3.8, 4) is 12.3 Å². The van der Waals surface area contributed by atoms with Crippen LogP contribution in [0.5, 0.6) is 0 Å². The van der Waals surface area contributed by atoms with Gasteiger partial charge in [0.25, 0.3) is 0 Å². The molecule has 60 valence electrons. The molecule has 1 atom stereocenters. The van der Waals surface area contributed by atoms with E-state index in [1.165, 1.54) is 0 Å².